The van der Waals surface area contributed by atoms with Crippen LogP contribution in [-0.4, -0.2) is 6.72 Å². The summed E-state index contributed by atoms with van der Waals surface area (Å²) in [5.74, 6) is 0. The van der Waals surface area contributed by atoms with Gasteiger partial charge >= 0.3 is 0 Å². The smallest absolute Gasteiger partial charge is 0.0150 e. The molecule has 0 aliphatic heterocycles. The van der Waals surface area contributed by atoms with E-state index in [2.05, 4.69) is 17.0 Å². The number of hydrogen-bond donors (Lipinski definition) is 1. The van der Waals surface area contributed by atoms with Gasteiger partial charge in [-0.3, -0.25) is 0 Å². The van der Waals surface area contributed by atoms with Gasteiger partial charge in [-0.25, -0.2) is 0 Å². The molecular formula is CH3N3. The third-order valence-electron chi connectivity index (χ3n) is 0.0707. The van der Waals surface area contributed by atoms with Gasteiger partial charge in [0, 0.05) is 6.72 Å². The Morgan fingerprint density at radius 2 is 2.00 bits per heavy atom. The van der Waals surface area contributed by atoms with Crippen LogP contribution in [-0.2, 0) is 0 Å². The minimum Gasteiger partial charge on any atom is -0.185 e. The van der Waals surface area contributed by atoms with Crippen LogP contribution in [0.5, 0.6) is 0 Å². The van der Waals surface area contributed by atoms with Crippen molar-refractivity contribution in [1.82, 2.24) is 0 Å². The maximum Gasteiger partial charge on any atom is 0.0150 e. The highest BCUT2D eigenvalue weighted by Gasteiger charge is 1.27. The van der Waals surface area contributed by atoms with E-state index in [9.17, 15) is 0 Å². The molecule has 0 amide bonds. The van der Waals surface area contributed by atoms with E-state index in [-0.39, 0.29) is 0 Å². The Labute approximate surface area is 23.8 Å². The normalized spacial score (nSPS) is 5.00. The van der Waals surface area contributed by atoms with Gasteiger partial charge in [-0.05, 0) is 0 Å². The molecule has 0 fully saturated rings. The van der Waals surface area contributed by atoms with Crippen molar-refractivity contribution in [2.75, 3.05) is 0 Å². The predicted octanol–water partition coefficient (Wildman–Crippen LogP) is 0.633. The molecule has 1 N–H and O–H groups in total. The third kappa shape index (κ3) is 1.27. The van der Waals surface area contributed by atoms with E-state index >= 15 is 0 Å². The van der Waals surface area contributed by atoms with E-state index in [0.717, 1.165) is 0 Å². The summed E-state index contributed by atoms with van der Waals surface area (Å²) < 4.78 is 0. The lowest BCUT2D eigenvalue weighted by Gasteiger charge is -1.46. The highest BCUT2D eigenvalue weighted by molar-refractivity contribution is 5.21. The molecule has 0 radical (unpaired) electrons. The summed E-state index contributed by atoms with van der Waals surface area (Å²) in [6.45, 7) is 2.88. The van der Waals surface area contributed by atoms with Gasteiger partial charge in [0.15, 0.2) is 0 Å². The van der Waals surface area contributed by atoms with Gasteiger partial charge < -0.3 is 0 Å². The quantitative estimate of drug-likeness (QED) is 0.261. The number of nitrogens with zero attached hydrogens (tertiary/aromatic N) is 2. The molecule has 0 saturated heterocycles. The van der Waals surface area contributed by atoms with Gasteiger partial charge in [-0.15, -0.1) is 5.10 Å². The average molecular weight is 57.1 g/mol. The zero-order valence-electron chi connectivity index (χ0n) is 2.10. The summed E-state index contributed by atoms with van der Waals surface area (Å²) in [5.41, 5.74) is 5.85. The molecule has 0 rings (SSSR count). The van der Waals surface area contributed by atoms with Crippen molar-refractivity contribution >= 4 is 6.72 Å². The van der Waals surface area contributed by atoms with Crippen LogP contribution in [0.2, 0.25) is 0 Å². The molecule has 0 unspecified atom stereocenters. The standard InChI is InChI=1S/CH3N3/c1-3-4-2/h2H,1H2. The van der Waals surface area contributed by atoms with Gasteiger partial charge in [-0.2, -0.15) is 5.53 Å². The molecule has 0 saturated carbocycles. The minimum atomic E-state index is 2.50. The Morgan fingerprint density at radius 3 is 2.00 bits per heavy atom. The molecule has 0 aliphatic carbocycles. The Morgan fingerprint density at radius 1 is 1.75 bits per heavy atom. The van der Waals surface area contributed by atoms with E-state index in [1.807, 2.05) is 0 Å². The van der Waals surface area contributed by atoms with E-state index < -0.39 is 0 Å². The maximum absolute atomic E-state index is 5.85. The highest BCUT2D eigenvalue weighted by atomic mass is 15.3. The van der Waals surface area contributed by atoms with Crippen LogP contribution >= 0.6 is 0 Å². The third-order valence-corrected chi connectivity index (χ3v) is 0.0707. The molecule has 0 aliphatic rings. The zero-order chi connectivity index (χ0) is 3.41. The van der Waals surface area contributed by atoms with Gasteiger partial charge in [-0.1, -0.05) is 5.22 Å². The minimum absolute atomic E-state index is 2.50. The van der Waals surface area contributed by atoms with E-state index in [4.69, 9.17) is 5.53 Å². The fraction of sp³-hybridized carbons (Fsp3) is 0. The van der Waals surface area contributed by atoms with Crippen LogP contribution in [0.15, 0.2) is 10.3 Å². The Kier molecular flexibility index (Phi) is 1.86. The summed E-state index contributed by atoms with van der Waals surface area (Å²) in [6.07, 6.45) is 0. The summed E-state index contributed by atoms with van der Waals surface area (Å²) in [6, 6.07) is 0. The second-order valence-electron chi connectivity index (χ2n) is 0.241. The highest BCUT2D eigenvalue weighted by Crippen LogP contribution is 1.50. The average Bonchev–Trinajstić information content (AvgIpc) is 1.37. The van der Waals surface area contributed by atoms with Crippen molar-refractivity contribution in [1.29, 1.82) is 5.53 Å². The molecular weight excluding hydrogens is 54.0 g/mol. The molecule has 0 aromatic heterocycles. The Bertz CT molecular complexity index is 24.3. The lowest BCUT2D eigenvalue weighted by atomic mass is 11.7. The molecule has 3 heteroatoms. The number of nitrogens with one attached hydrogen (secondary N) is 1. The van der Waals surface area contributed by atoms with Crippen molar-refractivity contribution in [2.45, 2.75) is 0 Å². The van der Waals surface area contributed by atoms with Crippen LogP contribution in [0.25, 0.3) is 0 Å². The molecule has 0 bridgehead atoms. The van der Waals surface area contributed by atoms with Crippen LogP contribution in [0.4, 0.5) is 0 Å². The molecule has 22 valence electrons. The SMILES string of the molecule is C=NN=N. The Hall–Kier alpha value is -0.730. The second kappa shape index (κ2) is 2.27. The molecule has 4 heavy (non-hydrogen) atoms. The van der Waals surface area contributed by atoms with Gasteiger partial charge in [0.2, 0.25) is 0 Å². The monoisotopic (exact) mass is 57.0 g/mol. The topological polar surface area (TPSA) is 48.6 Å². The van der Waals surface area contributed by atoms with Crippen LogP contribution in [0, 0.1) is 5.53 Å². The molecule has 3 nitrogen and oxygen atoms in total. The van der Waals surface area contributed by atoms with E-state index in [0.29, 0.717) is 0 Å². The van der Waals surface area contributed by atoms with Gasteiger partial charge in [0.05, 0.1) is 0 Å². The number of hydrogen-bond acceptors (Lipinski definition) is 2. The van der Waals surface area contributed by atoms with E-state index in [1.54, 1.807) is 0 Å². The van der Waals surface area contributed by atoms with Crippen LogP contribution in [0.1, 0.15) is 0 Å². The molecule has 0 atom stereocenters. The summed E-state index contributed by atoms with van der Waals surface area (Å²) in [5, 5.41) is 5.28. The summed E-state index contributed by atoms with van der Waals surface area (Å²) in [7, 11) is 0. The predicted molar refractivity (Wildman–Crippen MR) is 14.7 cm³/mol. The van der Waals surface area contributed by atoms with Gasteiger partial charge in [0.25, 0.3) is 0 Å². The van der Waals surface area contributed by atoms with E-state index in [1.165, 1.54) is 0 Å². The fourth-order valence-electron chi connectivity index (χ4n) is 0. The molecule has 0 spiro atoms. The summed E-state index contributed by atoms with van der Waals surface area (Å²) >= 11 is 0. The van der Waals surface area contributed by atoms with Crippen LogP contribution in [0.3, 0.4) is 0 Å². The first-order valence-electron chi connectivity index (χ1n) is 0.740. The first-order valence-corrected chi connectivity index (χ1v) is 0.740. The van der Waals surface area contributed by atoms with Gasteiger partial charge in [0.1, 0.15) is 0 Å². The number of rotatable bonds is 1. The molecule has 0 aromatic carbocycles. The summed E-state index contributed by atoms with van der Waals surface area (Å²) in [4.78, 5) is 0. The molecule has 0 heterocycles. The first kappa shape index (κ1) is 3.27. The second-order valence-corrected chi connectivity index (χ2v) is 0.241. The van der Waals surface area contributed by atoms with Crippen molar-refractivity contribution in [2.24, 2.45) is 10.3 Å². The first-order chi connectivity index (χ1) is 1.91. The van der Waals surface area contributed by atoms with Crippen molar-refractivity contribution in [3.8, 4) is 0 Å². The van der Waals surface area contributed by atoms with Crippen molar-refractivity contribution < 1.29 is 0 Å². The fourth-order valence-corrected chi connectivity index (χ4v) is 0. The Balaban J connectivity index is 2.73. The lowest BCUT2D eigenvalue weighted by Crippen LogP contribution is -1.26. The maximum atomic E-state index is 5.85. The van der Waals surface area contributed by atoms with Crippen molar-refractivity contribution in [3.63, 3.8) is 0 Å². The molecule has 0 aromatic rings. The zero-order valence-corrected chi connectivity index (χ0v) is 2.10. The van der Waals surface area contributed by atoms with Crippen LogP contribution < -0.4 is 0 Å². The van der Waals surface area contributed by atoms with Crippen molar-refractivity contribution in [3.05, 3.63) is 0 Å². The largest absolute Gasteiger partial charge is 0.185 e. The lowest BCUT2D eigenvalue weighted by molar-refractivity contribution is 1.00.